The molecule has 1 aromatic carbocycles. The predicted molar refractivity (Wildman–Crippen MR) is 85.4 cm³/mol. The first-order valence-electron chi connectivity index (χ1n) is 7.19. The minimum Gasteiger partial charge on any atom is -0.0987 e. The average Bonchev–Trinajstić information content (AvgIpc) is 2.58. The number of hydrogen-bond donors (Lipinski definition) is 0. The molecule has 0 N–H and O–H groups in total. The summed E-state index contributed by atoms with van der Waals surface area (Å²) < 4.78 is 0. The second-order valence-corrected chi connectivity index (χ2v) is 5.79. The fraction of sp³-hybridized carbons (Fsp3) is 0.368. The zero-order valence-electron chi connectivity index (χ0n) is 12.6. The third-order valence-corrected chi connectivity index (χ3v) is 4.09. The number of hydrogen-bond acceptors (Lipinski definition) is 0. The molecule has 0 saturated carbocycles. The van der Waals surface area contributed by atoms with E-state index >= 15 is 0 Å². The van der Waals surface area contributed by atoms with Gasteiger partial charge in [-0.1, -0.05) is 70.2 Å². The van der Waals surface area contributed by atoms with Crippen molar-refractivity contribution in [3.05, 3.63) is 65.3 Å². The van der Waals surface area contributed by atoms with Crippen molar-refractivity contribution in [3.8, 4) is 0 Å². The molecule has 0 radical (unpaired) electrons. The van der Waals surface area contributed by atoms with Gasteiger partial charge in [-0.05, 0) is 41.2 Å². The van der Waals surface area contributed by atoms with Gasteiger partial charge in [0.2, 0.25) is 0 Å². The van der Waals surface area contributed by atoms with Crippen LogP contribution in [0.3, 0.4) is 0 Å². The van der Waals surface area contributed by atoms with Gasteiger partial charge in [0.25, 0.3) is 0 Å². The molecule has 2 rings (SSSR count). The van der Waals surface area contributed by atoms with Crippen LogP contribution in [-0.4, -0.2) is 0 Å². The van der Waals surface area contributed by atoms with Crippen molar-refractivity contribution < 1.29 is 0 Å². The normalized spacial score (nSPS) is 17.1. The summed E-state index contributed by atoms with van der Waals surface area (Å²) in [6.07, 6.45) is 8.71. The van der Waals surface area contributed by atoms with Crippen molar-refractivity contribution >= 4 is 5.57 Å². The third-order valence-electron chi connectivity index (χ3n) is 4.09. The van der Waals surface area contributed by atoms with E-state index in [1.165, 1.54) is 34.3 Å². The summed E-state index contributed by atoms with van der Waals surface area (Å²) in [4.78, 5) is 0. The second kappa shape index (κ2) is 5.21. The topological polar surface area (TPSA) is 0 Å². The molecule has 0 heteroatoms. The molecular formula is C19H24. The van der Waals surface area contributed by atoms with Crippen LogP contribution in [0.5, 0.6) is 0 Å². The van der Waals surface area contributed by atoms with Gasteiger partial charge in [-0.25, -0.2) is 0 Å². The van der Waals surface area contributed by atoms with Crippen LogP contribution in [0, 0.1) is 0 Å². The highest BCUT2D eigenvalue weighted by molar-refractivity contribution is 5.87. The van der Waals surface area contributed by atoms with Gasteiger partial charge in [-0.15, -0.1) is 0 Å². The van der Waals surface area contributed by atoms with Gasteiger partial charge in [-0.2, -0.15) is 0 Å². The maximum absolute atomic E-state index is 4.02. The van der Waals surface area contributed by atoms with Crippen LogP contribution in [-0.2, 0) is 11.8 Å². The van der Waals surface area contributed by atoms with E-state index in [4.69, 9.17) is 0 Å². The summed E-state index contributed by atoms with van der Waals surface area (Å²) in [5.74, 6) is 0. The largest absolute Gasteiger partial charge is 0.0987 e. The van der Waals surface area contributed by atoms with E-state index < -0.39 is 0 Å². The summed E-state index contributed by atoms with van der Waals surface area (Å²) in [6.45, 7) is 12.9. The zero-order chi connectivity index (χ0) is 14.0. The molecule has 1 aliphatic carbocycles. The van der Waals surface area contributed by atoms with E-state index in [9.17, 15) is 0 Å². The SMILES string of the molecule is C=CC1=C(/C=C\C)c2cc(CCC)ccc2C1(C)C. The molecule has 0 spiro atoms. The van der Waals surface area contributed by atoms with Crippen molar-refractivity contribution in [2.45, 2.75) is 46.0 Å². The second-order valence-electron chi connectivity index (χ2n) is 5.79. The monoisotopic (exact) mass is 252 g/mol. The molecule has 0 aliphatic heterocycles. The van der Waals surface area contributed by atoms with Crippen LogP contribution >= 0.6 is 0 Å². The summed E-state index contributed by atoms with van der Waals surface area (Å²) in [7, 11) is 0. The fourth-order valence-corrected chi connectivity index (χ4v) is 3.14. The van der Waals surface area contributed by atoms with Crippen LogP contribution < -0.4 is 0 Å². The Hall–Kier alpha value is -1.56. The van der Waals surface area contributed by atoms with E-state index in [0.717, 1.165) is 6.42 Å². The number of fused-ring (bicyclic) bond motifs is 1. The van der Waals surface area contributed by atoms with Crippen molar-refractivity contribution in [2.75, 3.05) is 0 Å². The maximum Gasteiger partial charge on any atom is 0.0158 e. The standard InChI is InChI=1S/C19H24/c1-6-9-14-11-12-18-16(13-14)15(10-7-2)17(8-3)19(18,4)5/h7-8,10-13H,3,6,9H2,1-2,4-5H3/b10-7-. The van der Waals surface area contributed by atoms with Crippen LogP contribution in [0.15, 0.2) is 48.6 Å². The van der Waals surface area contributed by atoms with Gasteiger partial charge in [0.05, 0.1) is 0 Å². The molecular weight excluding hydrogens is 228 g/mol. The Morgan fingerprint density at radius 3 is 2.58 bits per heavy atom. The fourth-order valence-electron chi connectivity index (χ4n) is 3.14. The molecule has 0 heterocycles. The van der Waals surface area contributed by atoms with E-state index in [1.54, 1.807) is 0 Å². The Balaban J connectivity index is 2.65. The number of aryl methyl sites for hydroxylation is 1. The Bertz CT molecular complexity index is 553. The number of allylic oxidation sites excluding steroid dienone is 5. The third kappa shape index (κ3) is 2.20. The first kappa shape index (κ1) is 13.9. The Labute approximate surface area is 117 Å². The van der Waals surface area contributed by atoms with E-state index in [-0.39, 0.29) is 5.41 Å². The Kier molecular flexibility index (Phi) is 3.80. The van der Waals surface area contributed by atoms with Crippen LogP contribution in [0.2, 0.25) is 0 Å². The quantitative estimate of drug-likeness (QED) is 0.668. The van der Waals surface area contributed by atoms with Crippen molar-refractivity contribution in [1.82, 2.24) is 0 Å². The van der Waals surface area contributed by atoms with Crippen molar-refractivity contribution in [1.29, 1.82) is 0 Å². The molecule has 1 aromatic rings. The smallest absolute Gasteiger partial charge is 0.0158 e. The Morgan fingerprint density at radius 1 is 1.26 bits per heavy atom. The minimum atomic E-state index is 0.0661. The van der Waals surface area contributed by atoms with E-state index in [1.807, 2.05) is 6.08 Å². The highest BCUT2D eigenvalue weighted by Gasteiger charge is 2.35. The average molecular weight is 252 g/mol. The zero-order valence-corrected chi connectivity index (χ0v) is 12.6. The molecule has 19 heavy (non-hydrogen) atoms. The first-order chi connectivity index (χ1) is 9.06. The Morgan fingerprint density at radius 2 is 2.00 bits per heavy atom. The molecule has 0 nitrogen and oxygen atoms in total. The molecule has 100 valence electrons. The molecule has 0 atom stereocenters. The number of benzene rings is 1. The van der Waals surface area contributed by atoms with Gasteiger partial charge < -0.3 is 0 Å². The number of rotatable bonds is 4. The summed E-state index contributed by atoms with van der Waals surface area (Å²) in [5, 5.41) is 0. The highest BCUT2D eigenvalue weighted by atomic mass is 14.4. The molecule has 0 aromatic heterocycles. The van der Waals surface area contributed by atoms with Crippen LogP contribution in [0.25, 0.3) is 5.57 Å². The molecule has 0 saturated heterocycles. The van der Waals surface area contributed by atoms with Crippen molar-refractivity contribution in [2.24, 2.45) is 0 Å². The van der Waals surface area contributed by atoms with Crippen molar-refractivity contribution in [3.63, 3.8) is 0 Å². The molecule has 0 unspecified atom stereocenters. The molecule has 1 aliphatic rings. The first-order valence-corrected chi connectivity index (χ1v) is 7.19. The highest BCUT2D eigenvalue weighted by Crippen LogP contribution is 2.47. The van der Waals surface area contributed by atoms with E-state index in [0.29, 0.717) is 0 Å². The summed E-state index contributed by atoms with van der Waals surface area (Å²) in [6, 6.07) is 6.95. The van der Waals surface area contributed by atoms with Crippen LogP contribution in [0.4, 0.5) is 0 Å². The predicted octanol–water partition coefficient (Wildman–Crippen LogP) is 5.45. The van der Waals surface area contributed by atoms with Gasteiger partial charge in [-0.3, -0.25) is 0 Å². The van der Waals surface area contributed by atoms with Gasteiger partial charge in [0, 0.05) is 5.41 Å². The van der Waals surface area contributed by atoms with Gasteiger partial charge in [0.1, 0.15) is 0 Å². The molecule has 0 amide bonds. The van der Waals surface area contributed by atoms with E-state index in [2.05, 4.69) is 64.6 Å². The minimum absolute atomic E-state index is 0.0661. The summed E-state index contributed by atoms with van der Waals surface area (Å²) in [5.41, 5.74) is 7.00. The lowest BCUT2D eigenvalue weighted by atomic mass is 9.81. The summed E-state index contributed by atoms with van der Waals surface area (Å²) >= 11 is 0. The lowest BCUT2D eigenvalue weighted by molar-refractivity contribution is 0.654. The van der Waals surface area contributed by atoms with Gasteiger partial charge >= 0.3 is 0 Å². The molecule has 0 bridgehead atoms. The molecule has 0 fully saturated rings. The lowest BCUT2D eigenvalue weighted by Crippen LogP contribution is -2.16. The van der Waals surface area contributed by atoms with Crippen LogP contribution in [0.1, 0.15) is 50.8 Å². The maximum atomic E-state index is 4.02. The lowest BCUT2D eigenvalue weighted by Gasteiger charge is -2.22. The van der Waals surface area contributed by atoms with Gasteiger partial charge in [0.15, 0.2) is 0 Å².